The summed E-state index contributed by atoms with van der Waals surface area (Å²) in [4.78, 5) is 29.1. The number of aromatic nitrogens is 3. The molecule has 27 heavy (non-hydrogen) atoms. The second kappa shape index (κ2) is 9.83. The van der Waals surface area contributed by atoms with E-state index in [1.807, 2.05) is 22.9 Å². The van der Waals surface area contributed by atoms with E-state index < -0.39 is 24.0 Å². The van der Waals surface area contributed by atoms with Crippen molar-refractivity contribution in [2.24, 2.45) is 11.5 Å². The van der Waals surface area contributed by atoms with Crippen molar-refractivity contribution in [3.8, 4) is 0 Å². The average molecular weight is 379 g/mol. The van der Waals surface area contributed by atoms with Crippen LogP contribution in [-0.4, -0.2) is 50.7 Å². The first-order valence-corrected chi connectivity index (χ1v) is 8.97. The molecule has 0 aliphatic heterocycles. The molecule has 0 radical (unpaired) electrons. The number of hydrogen-bond donors (Lipinski definition) is 6. The van der Waals surface area contributed by atoms with Gasteiger partial charge in [-0.15, -0.1) is 0 Å². The number of carbonyl (C=O) groups is 2. The highest BCUT2D eigenvalue weighted by Gasteiger charge is 2.16. The van der Waals surface area contributed by atoms with E-state index >= 15 is 0 Å². The largest absolute Gasteiger partial charge is 0.480 e. The Labute approximate surface area is 156 Å². The topological polar surface area (TPSA) is 171 Å². The number of imidazole rings is 1. The molecule has 0 aromatic carbocycles. The Kier molecular flexibility index (Phi) is 7.50. The lowest BCUT2D eigenvalue weighted by molar-refractivity contribution is -0.673. The summed E-state index contributed by atoms with van der Waals surface area (Å²) >= 11 is 0. The molecule has 2 atom stereocenters. The van der Waals surface area contributed by atoms with Gasteiger partial charge in [0.2, 0.25) is 0 Å². The van der Waals surface area contributed by atoms with Crippen molar-refractivity contribution in [3.05, 3.63) is 18.3 Å². The normalized spacial score (nSPS) is 13.4. The second-order valence-corrected chi connectivity index (χ2v) is 6.48. The van der Waals surface area contributed by atoms with Gasteiger partial charge in [-0.1, -0.05) is 0 Å². The third-order valence-electron chi connectivity index (χ3n) is 4.30. The molecule has 10 nitrogen and oxygen atoms in total. The van der Waals surface area contributed by atoms with Gasteiger partial charge in [0.05, 0.1) is 12.7 Å². The van der Waals surface area contributed by atoms with Crippen LogP contribution in [0, 0.1) is 0 Å². The number of carboxylic acids is 2. The molecule has 0 fully saturated rings. The molecular weight excluding hydrogens is 352 g/mol. The molecular formula is C17H27N6O4+. The maximum Gasteiger partial charge on any atom is 0.351 e. The number of rotatable bonds is 12. The molecule has 10 heteroatoms. The highest BCUT2D eigenvalue weighted by Crippen LogP contribution is 2.11. The van der Waals surface area contributed by atoms with Crippen molar-refractivity contribution in [1.82, 2.24) is 9.97 Å². The first-order valence-electron chi connectivity index (χ1n) is 8.97. The van der Waals surface area contributed by atoms with Crippen LogP contribution in [0.15, 0.2) is 18.3 Å². The molecule has 2 aromatic rings. The van der Waals surface area contributed by atoms with Crippen LogP contribution < -0.4 is 21.4 Å². The van der Waals surface area contributed by atoms with E-state index in [-0.39, 0.29) is 0 Å². The van der Waals surface area contributed by atoms with E-state index in [1.165, 1.54) is 0 Å². The standard InChI is InChI=1S/C17H26N6O4/c18-11(15(24)25)5-1-2-9-23-10-4-7-13-14(23)22-17(21-13)20-8-3-6-12(19)16(26)27/h4,7,10-12H,1-3,5-6,8-9,18-19H2,(H3,20,21,24,25,26,27)/p+1. The maximum absolute atomic E-state index is 10.7. The maximum atomic E-state index is 10.7. The predicted molar refractivity (Wildman–Crippen MR) is 99.1 cm³/mol. The van der Waals surface area contributed by atoms with E-state index in [0.29, 0.717) is 38.3 Å². The molecule has 2 heterocycles. The van der Waals surface area contributed by atoms with Gasteiger partial charge in [0.1, 0.15) is 17.6 Å². The minimum Gasteiger partial charge on any atom is -0.480 e. The Morgan fingerprint density at radius 3 is 2.48 bits per heavy atom. The minimum absolute atomic E-state index is 0.390. The van der Waals surface area contributed by atoms with Gasteiger partial charge in [-0.05, 0) is 49.2 Å². The first-order chi connectivity index (χ1) is 12.9. The van der Waals surface area contributed by atoms with E-state index in [2.05, 4.69) is 15.3 Å². The molecule has 2 aromatic heterocycles. The number of aryl methyl sites for hydroxylation is 1. The van der Waals surface area contributed by atoms with Gasteiger partial charge in [0.15, 0.2) is 0 Å². The highest BCUT2D eigenvalue weighted by atomic mass is 16.4. The highest BCUT2D eigenvalue weighted by molar-refractivity contribution is 5.73. The van der Waals surface area contributed by atoms with Crippen LogP contribution in [0.4, 0.5) is 5.95 Å². The van der Waals surface area contributed by atoms with Crippen LogP contribution in [0.25, 0.3) is 11.2 Å². The summed E-state index contributed by atoms with van der Waals surface area (Å²) in [5.74, 6) is -1.36. The van der Waals surface area contributed by atoms with Gasteiger partial charge in [-0.3, -0.25) is 14.6 Å². The zero-order valence-corrected chi connectivity index (χ0v) is 15.1. The fourth-order valence-corrected chi connectivity index (χ4v) is 2.71. The lowest BCUT2D eigenvalue weighted by Gasteiger charge is -2.05. The van der Waals surface area contributed by atoms with E-state index in [4.69, 9.17) is 21.7 Å². The lowest BCUT2D eigenvalue weighted by atomic mass is 10.1. The second-order valence-electron chi connectivity index (χ2n) is 6.48. The Morgan fingerprint density at radius 1 is 1.15 bits per heavy atom. The fraction of sp³-hybridized carbons (Fsp3) is 0.529. The Hall–Kier alpha value is -2.72. The van der Waals surface area contributed by atoms with Crippen LogP contribution in [0.5, 0.6) is 0 Å². The number of nitrogens with zero attached hydrogens (tertiary/aromatic N) is 2. The minimum atomic E-state index is -0.996. The van der Waals surface area contributed by atoms with Crippen LogP contribution in [0.1, 0.15) is 32.1 Å². The molecule has 0 aliphatic carbocycles. The Bertz CT molecular complexity index is 778. The summed E-state index contributed by atoms with van der Waals surface area (Å²) in [6, 6.07) is 2.17. The predicted octanol–water partition coefficient (Wildman–Crippen LogP) is 0.0366. The summed E-state index contributed by atoms with van der Waals surface area (Å²) in [6.45, 7) is 1.27. The van der Waals surface area contributed by atoms with Gasteiger partial charge >= 0.3 is 23.5 Å². The average Bonchev–Trinajstić information content (AvgIpc) is 3.05. The molecule has 0 saturated carbocycles. The van der Waals surface area contributed by atoms with Crippen LogP contribution in [-0.2, 0) is 16.1 Å². The number of nitrogens with one attached hydrogen (secondary N) is 2. The Morgan fingerprint density at radius 2 is 1.81 bits per heavy atom. The number of unbranched alkanes of at least 4 members (excludes halogenated alkanes) is 1. The summed E-state index contributed by atoms with van der Waals surface area (Å²) in [5, 5.41) is 20.7. The molecule has 2 unspecified atom stereocenters. The summed E-state index contributed by atoms with van der Waals surface area (Å²) in [6.07, 6.45) is 4.90. The molecule has 0 aliphatic rings. The number of hydrogen-bond acceptors (Lipinski definition) is 6. The smallest absolute Gasteiger partial charge is 0.351 e. The van der Waals surface area contributed by atoms with Gasteiger partial charge < -0.3 is 27.0 Å². The van der Waals surface area contributed by atoms with Crippen molar-refractivity contribution >= 4 is 29.1 Å². The van der Waals surface area contributed by atoms with Crippen molar-refractivity contribution in [1.29, 1.82) is 0 Å². The number of anilines is 1. The molecule has 8 N–H and O–H groups in total. The quantitative estimate of drug-likeness (QED) is 0.221. The number of aromatic amines is 1. The molecule has 0 bridgehead atoms. The molecule has 148 valence electrons. The number of aliphatic carboxylic acids is 2. The third kappa shape index (κ3) is 6.19. The fourth-order valence-electron chi connectivity index (χ4n) is 2.71. The van der Waals surface area contributed by atoms with Crippen molar-refractivity contribution in [3.63, 3.8) is 0 Å². The molecule has 2 rings (SSSR count). The number of carboxylic acid groups (broad SMARTS) is 2. The van der Waals surface area contributed by atoms with Crippen LogP contribution in [0.3, 0.4) is 0 Å². The monoisotopic (exact) mass is 379 g/mol. The number of nitrogens with two attached hydrogens (primary N) is 2. The molecule has 0 amide bonds. The zero-order valence-electron chi connectivity index (χ0n) is 15.1. The van der Waals surface area contributed by atoms with E-state index in [1.54, 1.807) is 0 Å². The van der Waals surface area contributed by atoms with Gasteiger partial charge in [0, 0.05) is 6.54 Å². The van der Waals surface area contributed by atoms with Gasteiger partial charge in [-0.25, -0.2) is 4.57 Å². The van der Waals surface area contributed by atoms with Crippen LogP contribution >= 0.6 is 0 Å². The molecule has 0 spiro atoms. The number of pyridine rings is 1. The number of fused-ring (bicyclic) bond motifs is 1. The third-order valence-corrected chi connectivity index (χ3v) is 4.30. The number of H-pyrrole nitrogens is 1. The molecule has 0 saturated heterocycles. The van der Waals surface area contributed by atoms with Crippen molar-refractivity contribution in [2.75, 3.05) is 11.9 Å². The Balaban J connectivity index is 1.86. The van der Waals surface area contributed by atoms with Gasteiger partial charge in [0.25, 0.3) is 0 Å². The first kappa shape index (κ1) is 20.6. The summed E-state index contributed by atoms with van der Waals surface area (Å²) in [7, 11) is 0. The van der Waals surface area contributed by atoms with E-state index in [9.17, 15) is 9.59 Å². The van der Waals surface area contributed by atoms with Crippen LogP contribution in [0.2, 0.25) is 0 Å². The summed E-state index contributed by atoms with van der Waals surface area (Å²) < 4.78 is 2.00. The SMILES string of the molecule is NC(CCCC[n+]1cccc2[nH]c(NCCCC(N)C(=O)O)nc21)C(=O)O. The summed E-state index contributed by atoms with van der Waals surface area (Å²) in [5.41, 5.74) is 12.7. The lowest BCUT2D eigenvalue weighted by Crippen LogP contribution is -2.35. The zero-order chi connectivity index (χ0) is 19.8. The van der Waals surface area contributed by atoms with Gasteiger partial charge in [-0.2, -0.15) is 0 Å². The van der Waals surface area contributed by atoms with E-state index in [0.717, 1.165) is 24.0 Å². The van der Waals surface area contributed by atoms with Crippen molar-refractivity contribution in [2.45, 2.75) is 50.7 Å². The van der Waals surface area contributed by atoms with Crippen molar-refractivity contribution < 1.29 is 24.4 Å².